The number of likely N-dealkylation sites (N-methyl/N-ethyl adjacent to an activating group) is 1. The van der Waals surface area contributed by atoms with Gasteiger partial charge in [0.2, 0.25) is 0 Å². The maximum Gasteiger partial charge on any atom is 0.160 e. The molecule has 1 unspecified atom stereocenters. The van der Waals surface area contributed by atoms with Gasteiger partial charge in [0.15, 0.2) is 5.65 Å². The number of hydrogen-bond acceptors (Lipinski definition) is 3. The number of rotatable bonds is 6. The van der Waals surface area contributed by atoms with Crippen molar-refractivity contribution >= 4 is 38.7 Å². The second-order valence-electron chi connectivity index (χ2n) is 6.07. The molecule has 0 saturated heterocycles. The van der Waals surface area contributed by atoms with Crippen LogP contribution < -0.4 is 0 Å². The first-order chi connectivity index (χ1) is 9.92. The van der Waals surface area contributed by atoms with Crippen LogP contribution in [0.2, 0.25) is 0 Å². The zero-order chi connectivity index (χ0) is 15.6. The zero-order valence-corrected chi connectivity index (χ0v) is 15.3. The van der Waals surface area contributed by atoms with Crippen LogP contribution in [0.4, 0.5) is 0 Å². The maximum atomic E-state index is 6.12. The highest BCUT2D eigenvalue weighted by atomic mass is 79.9. The highest BCUT2D eigenvalue weighted by Crippen LogP contribution is 2.27. The Morgan fingerprint density at radius 2 is 2.10 bits per heavy atom. The molecule has 6 heteroatoms. The summed E-state index contributed by atoms with van der Waals surface area (Å²) < 4.78 is 3.16. The lowest BCUT2D eigenvalue weighted by atomic mass is 10.0. The number of halogens is 2. The summed E-state index contributed by atoms with van der Waals surface area (Å²) in [6.45, 7) is 5.43. The van der Waals surface area contributed by atoms with Gasteiger partial charge in [0.1, 0.15) is 11.3 Å². The van der Waals surface area contributed by atoms with E-state index in [0.717, 1.165) is 34.4 Å². The van der Waals surface area contributed by atoms with Crippen LogP contribution in [0.3, 0.4) is 0 Å². The van der Waals surface area contributed by atoms with E-state index in [-0.39, 0.29) is 0 Å². The minimum atomic E-state index is 0.326. The molecule has 0 fully saturated rings. The summed E-state index contributed by atoms with van der Waals surface area (Å²) in [6.07, 6.45) is 2.89. The molecule has 0 aliphatic rings. The van der Waals surface area contributed by atoms with Crippen molar-refractivity contribution in [2.24, 2.45) is 5.92 Å². The molecule has 2 rings (SSSR count). The van der Waals surface area contributed by atoms with Crippen LogP contribution in [0, 0.1) is 5.92 Å². The van der Waals surface area contributed by atoms with Gasteiger partial charge in [-0.15, -0.1) is 11.6 Å². The van der Waals surface area contributed by atoms with E-state index in [0.29, 0.717) is 17.8 Å². The fourth-order valence-electron chi connectivity index (χ4n) is 2.71. The SMILES string of the molecule is CC(C)CC(CN(C)C)n1c(CCl)nc2cc(Br)cnc21. The lowest BCUT2D eigenvalue weighted by molar-refractivity contribution is 0.289. The third kappa shape index (κ3) is 3.96. The van der Waals surface area contributed by atoms with Gasteiger partial charge in [0.25, 0.3) is 0 Å². The molecule has 0 saturated carbocycles. The number of imidazole rings is 1. The minimum absolute atomic E-state index is 0.326. The van der Waals surface area contributed by atoms with Gasteiger partial charge in [-0.05, 0) is 48.4 Å². The van der Waals surface area contributed by atoms with Crippen LogP contribution in [-0.2, 0) is 5.88 Å². The number of alkyl halides is 1. The standard InChI is InChI=1S/C15H22BrClN4/c1-10(2)5-12(9-20(3)4)21-14(7-17)19-13-6-11(16)8-18-15(13)21/h6,8,10,12H,5,7,9H2,1-4H3. The summed E-state index contributed by atoms with van der Waals surface area (Å²) in [5.74, 6) is 1.89. The van der Waals surface area contributed by atoms with E-state index in [1.807, 2.05) is 12.3 Å². The summed E-state index contributed by atoms with van der Waals surface area (Å²) in [5, 5.41) is 0. The summed E-state index contributed by atoms with van der Waals surface area (Å²) in [6, 6.07) is 2.32. The fourth-order valence-corrected chi connectivity index (χ4v) is 3.22. The summed E-state index contributed by atoms with van der Waals surface area (Å²) >= 11 is 9.58. The van der Waals surface area contributed by atoms with Gasteiger partial charge >= 0.3 is 0 Å². The lowest BCUT2D eigenvalue weighted by Gasteiger charge is -2.25. The first kappa shape index (κ1) is 16.7. The van der Waals surface area contributed by atoms with Crippen LogP contribution in [0.5, 0.6) is 0 Å². The van der Waals surface area contributed by atoms with E-state index in [9.17, 15) is 0 Å². The molecule has 2 heterocycles. The Morgan fingerprint density at radius 1 is 1.38 bits per heavy atom. The summed E-state index contributed by atoms with van der Waals surface area (Å²) in [4.78, 5) is 11.4. The Kier molecular flexibility index (Phi) is 5.63. The molecule has 0 aliphatic carbocycles. The normalized spacial score (nSPS) is 13.5. The van der Waals surface area contributed by atoms with Gasteiger partial charge in [-0.2, -0.15) is 0 Å². The molecule has 1 atom stereocenters. The first-order valence-corrected chi connectivity index (χ1v) is 8.48. The van der Waals surface area contributed by atoms with Gasteiger partial charge in [-0.3, -0.25) is 0 Å². The van der Waals surface area contributed by atoms with E-state index in [2.05, 4.69) is 63.3 Å². The highest BCUT2D eigenvalue weighted by Gasteiger charge is 2.21. The van der Waals surface area contributed by atoms with Crippen molar-refractivity contribution < 1.29 is 0 Å². The van der Waals surface area contributed by atoms with Crippen molar-refractivity contribution in [1.29, 1.82) is 0 Å². The molecule has 4 nitrogen and oxygen atoms in total. The van der Waals surface area contributed by atoms with Gasteiger partial charge in [-0.25, -0.2) is 9.97 Å². The van der Waals surface area contributed by atoms with Crippen molar-refractivity contribution in [1.82, 2.24) is 19.4 Å². The third-order valence-corrected chi connectivity index (χ3v) is 4.05. The predicted octanol–water partition coefficient (Wildman–Crippen LogP) is 4.08. The molecule has 0 aliphatic heterocycles. The maximum absolute atomic E-state index is 6.12. The monoisotopic (exact) mass is 372 g/mol. The van der Waals surface area contributed by atoms with Crippen LogP contribution in [-0.4, -0.2) is 40.1 Å². The number of hydrogen-bond donors (Lipinski definition) is 0. The topological polar surface area (TPSA) is 34.0 Å². The van der Waals surface area contributed by atoms with Crippen molar-refractivity contribution in [2.75, 3.05) is 20.6 Å². The second-order valence-corrected chi connectivity index (χ2v) is 7.26. The lowest BCUT2D eigenvalue weighted by Crippen LogP contribution is -2.27. The molecule has 0 radical (unpaired) electrons. The van der Waals surface area contributed by atoms with Crippen molar-refractivity contribution in [3.8, 4) is 0 Å². The summed E-state index contributed by atoms with van der Waals surface area (Å²) in [7, 11) is 4.19. The van der Waals surface area contributed by atoms with Crippen LogP contribution in [0.25, 0.3) is 11.2 Å². The Morgan fingerprint density at radius 3 is 2.67 bits per heavy atom. The highest BCUT2D eigenvalue weighted by molar-refractivity contribution is 9.10. The second kappa shape index (κ2) is 7.07. The average molecular weight is 374 g/mol. The van der Waals surface area contributed by atoms with Gasteiger partial charge in [0, 0.05) is 23.3 Å². The van der Waals surface area contributed by atoms with E-state index in [4.69, 9.17) is 11.6 Å². The number of pyridine rings is 1. The molecule has 0 bridgehead atoms. The Bertz CT molecular complexity index is 599. The van der Waals surface area contributed by atoms with Gasteiger partial charge < -0.3 is 9.47 Å². The third-order valence-electron chi connectivity index (χ3n) is 3.37. The molecule has 0 amide bonds. The molecular weight excluding hydrogens is 352 g/mol. The van der Waals surface area contributed by atoms with Crippen LogP contribution >= 0.6 is 27.5 Å². The van der Waals surface area contributed by atoms with E-state index < -0.39 is 0 Å². The fraction of sp³-hybridized carbons (Fsp3) is 0.600. The van der Waals surface area contributed by atoms with E-state index in [1.54, 1.807) is 0 Å². The Labute approximate surface area is 139 Å². The Hall–Kier alpha value is -0.650. The Balaban J connectivity index is 2.53. The van der Waals surface area contributed by atoms with Crippen molar-refractivity contribution in [3.05, 3.63) is 22.6 Å². The van der Waals surface area contributed by atoms with Crippen molar-refractivity contribution in [2.45, 2.75) is 32.2 Å². The first-order valence-electron chi connectivity index (χ1n) is 7.15. The largest absolute Gasteiger partial charge is 0.307 e. The van der Waals surface area contributed by atoms with E-state index in [1.165, 1.54) is 0 Å². The molecule has 21 heavy (non-hydrogen) atoms. The zero-order valence-electron chi connectivity index (χ0n) is 13.0. The molecule has 2 aromatic heterocycles. The van der Waals surface area contributed by atoms with Gasteiger partial charge in [0.05, 0.1) is 5.88 Å². The van der Waals surface area contributed by atoms with Crippen molar-refractivity contribution in [3.63, 3.8) is 0 Å². The molecule has 0 aromatic carbocycles. The molecule has 2 aromatic rings. The summed E-state index contributed by atoms with van der Waals surface area (Å²) in [5.41, 5.74) is 1.81. The molecule has 0 spiro atoms. The molecule has 0 N–H and O–H groups in total. The van der Waals surface area contributed by atoms with E-state index >= 15 is 0 Å². The molecular formula is C15H22BrClN4. The quantitative estimate of drug-likeness (QED) is 0.715. The predicted molar refractivity (Wildman–Crippen MR) is 91.8 cm³/mol. The smallest absolute Gasteiger partial charge is 0.160 e. The van der Waals surface area contributed by atoms with Crippen LogP contribution in [0.1, 0.15) is 32.1 Å². The number of nitrogens with zero attached hydrogens (tertiary/aromatic N) is 4. The van der Waals surface area contributed by atoms with Crippen LogP contribution in [0.15, 0.2) is 16.7 Å². The minimum Gasteiger partial charge on any atom is -0.307 e. The van der Waals surface area contributed by atoms with Gasteiger partial charge in [-0.1, -0.05) is 13.8 Å². The average Bonchev–Trinajstić information content (AvgIpc) is 2.74. The molecule has 116 valence electrons. The number of fused-ring (bicyclic) bond motifs is 1. The number of aromatic nitrogens is 3.